The number of carbonyl (C=O) groups is 1. The van der Waals surface area contributed by atoms with Gasteiger partial charge >= 0.3 is 5.97 Å². The Kier molecular flexibility index (Phi) is 6.07. The second-order valence-electron chi connectivity index (χ2n) is 4.33. The highest BCUT2D eigenvalue weighted by Crippen LogP contribution is 2.37. The van der Waals surface area contributed by atoms with E-state index in [1.165, 1.54) is 19.1 Å². The molecule has 0 aliphatic heterocycles. The van der Waals surface area contributed by atoms with E-state index in [2.05, 4.69) is 10.2 Å². The molecule has 1 aromatic rings. The van der Waals surface area contributed by atoms with E-state index in [1.807, 2.05) is 0 Å². The minimum absolute atomic E-state index is 0.182. The van der Waals surface area contributed by atoms with Gasteiger partial charge in [0.2, 0.25) is 5.00 Å². The smallest absolute Gasteiger partial charge is 0.351 e. The predicted molar refractivity (Wildman–Crippen MR) is 81.5 cm³/mol. The van der Waals surface area contributed by atoms with Gasteiger partial charge in [-0.3, -0.25) is 0 Å². The van der Waals surface area contributed by atoms with Gasteiger partial charge in [0.1, 0.15) is 5.69 Å². The first-order valence-electron chi connectivity index (χ1n) is 5.61. The van der Waals surface area contributed by atoms with Crippen LogP contribution in [0, 0.1) is 0 Å². The van der Waals surface area contributed by atoms with Gasteiger partial charge in [-0.25, -0.2) is 4.79 Å². The number of alkyl halides is 1. The van der Waals surface area contributed by atoms with E-state index in [4.69, 9.17) is 51.1 Å². The van der Waals surface area contributed by atoms with Gasteiger partial charge in [0.05, 0.1) is 16.1 Å². The molecule has 8 heteroatoms. The molecule has 0 heterocycles. The molecule has 0 spiro atoms. The number of halogens is 4. The van der Waals surface area contributed by atoms with Crippen LogP contribution in [0.25, 0.3) is 0 Å². The van der Waals surface area contributed by atoms with Crippen LogP contribution in [0.1, 0.15) is 20.8 Å². The van der Waals surface area contributed by atoms with Crippen molar-refractivity contribution in [3.8, 4) is 0 Å². The first-order valence-corrected chi connectivity index (χ1v) is 7.12. The van der Waals surface area contributed by atoms with Crippen molar-refractivity contribution in [3.05, 3.63) is 27.2 Å². The largest absolute Gasteiger partial charge is 0.460 e. The van der Waals surface area contributed by atoms with Crippen molar-refractivity contribution in [1.82, 2.24) is 0 Å². The monoisotopic (exact) mass is 356 g/mol. The summed E-state index contributed by atoms with van der Waals surface area (Å²) >= 11 is 23.6. The summed E-state index contributed by atoms with van der Waals surface area (Å²) in [4.78, 5) is 10.1. The number of azo groups is 1. The highest BCUT2D eigenvalue weighted by atomic mass is 35.5. The van der Waals surface area contributed by atoms with Crippen LogP contribution in [0.5, 0.6) is 0 Å². The fraction of sp³-hybridized carbons (Fsp3) is 0.417. The maximum Gasteiger partial charge on any atom is 0.351 e. The third kappa shape index (κ3) is 4.77. The zero-order valence-corrected chi connectivity index (χ0v) is 14.0. The lowest BCUT2D eigenvalue weighted by molar-refractivity contribution is -0.150. The van der Waals surface area contributed by atoms with Crippen molar-refractivity contribution < 1.29 is 9.53 Å². The SMILES string of the molecule is CC(C)OC(=O)C(C)(Cl)/N=N/c1c(Cl)cc(Cl)cc1Cl. The molecule has 0 aliphatic rings. The standard InChI is InChI=1S/C12H12Cl4N2O2/c1-6(2)20-11(19)12(3,16)18-17-10-8(14)4-7(13)5-9(10)15/h4-6H,1-3H3/b18-17+. The van der Waals surface area contributed by atoms with E-state index in [1.54, 1.807) is 13.8 Å². The maximum atomic E-state index is 11.7. The number of rotatable bonds is 4. The number of nitrogens with zero attached hydrogens (tertiary/aromatic N) is 2. The maximum absolute atomic E-state index is 11.7. The van der Waals surface area contributed by atoms with E-state index in [9.17, 15) is 4.79 Å². The van der Waals surface area contributed by atoms with Gasteiger partial charge < -0.3 is 4.74 Å². The Morgan fingerprint density at radius 3 is 2.20 bits per heavy atom. The zero-order valence-electron chi connectivity index (χ0n) is 11.0. The van der Waals surface area contributed by atoms with Gasteiger partial charge in [0.15, 0.2) is 0 Å². The molecular weight excluding hydrogens is 346 g/mol. The second kappa shape index (κ2) is 6.94. The molecule has 0 N–H and O–H groups in total. The Morgan fingerprint density at radius 2 is 1.75 bits per heavy atom. The van der Waals surface area contributed by atoms with E-state index >= 15 is 0 Å². The molecule has 0 saturated carbocycles. The molecule has 20 heavy (non-hydrogen) atoms. The lowest BCUT2D eigenvalue weighted by Gasteiger charge is -2.16. The summed E-state index contributed by atoms with van der Waals surface area (Å²) in [6, 6.07) is 2.92. The Morgan fingerprint density at radius 1 is 1.25 bits per heavy atom. The molecule has 1 rings (SSSR count). The average Bonchev–Trinajstić information content (AvgIpc) is 2.26. The van der Waals surface area contributed by atoms with Crippen LogP contribution < -0.4 is 0 Å². The molecule has 0 amide bonds. The van der Waals surface area contributed by atoms with Crippen molar-refractivity contribution in [1.29, 1.82) is 0 Å². The van der Waals surface area contributed by atoms with Crippen molar-refractivity contribution in [2.45, 2.75) is 31.9 Å². The molecular formula is C12H12Cl4N2O2. The molecule has 0 fully saturated rings. The van der Waals surface area contributed by atoms with Crippen molar-refractivity contribution in [2.75, 3.05) is 0 Å². The molecule has 0 aliphatic carbocycles. The Hall–Kier alpha value is -0.550. The minimum Gasteiger partial charge on any atom is -0.460 e. The number of benzene rings is 1. The van der Waals surface area contributed by atoms with Crippen LogP contribution in [0.4, 0.5) is 5.69 Å². The van der Waals surface area contributed by atoms with Crippen molar-refractivity contribution >= 4 is 58.1 Å². The zero-order chi connectivity index (χ0) is 15.5. The molecule has 0 saturated heterocycles. The lowest BCUT2D eigenvalue weighted by Crippen LogP contribution is -2.30. The van der Waals surface area contributed by atoms with Gasteiger partial charge in [0, 0.05) is 5.02 Å². The van der Waals surface area contributed by atoms with Crippen LogP contribution in [0.2, 0.25) is 15.1 Å². The summed E-state index contributed by atoms with van der Waals surface area (Å²) in [6.07, 6.45) is -0.307. The van der Waals surface area contributed by atoms with Gasteiger partial charge in [-0.1, -0.05) is 46.4 Å². The summed E-state index contributed by atoms with van der Waals surface area (Å²) in [6.45, 7) is 4.77. The highest BCUT2D eigenvalue weighted by molar-refractivity contribution is 6.41. The molecule has 1 unspecified atom stereocenters. The number of hydrogen-bond donors (Lipinski definition) is 0. The fourth-order valence-electron chi connectivity index (χ4n) is 1.14. The second-order valence-corrected chi connectivity index (χ2v) is 6.31. The Bertz CT molecular complexity index is 521. The summed E-state index contributed by atoms with van der Waals surface area (Å²) in [7, 11) is 0. The van der Waals surface area contributed by atoms with Crippen LogP contribution in [0.15, 0.2) is 22.4 Å². The quantitative estimate of drug-likeness (QED) is 0.303. The predicted octanol–water partition coefficient (Wildman–Crippen LogP) is 5.64. The fourth-order valence-corrected chi connectivity index (χ4v) is 2.11. The summed E-state index contributed by atoms with van der Waals surface area (Å²) in [5, 5.41) is 8.33. The summed E-state index contributed by atoms with van der Waals surface area (Å²) < 4.78 is 4.97. The number of ether oxygens (including phenoxy) is 1. The highest BCUT2D eigenvalue weighted by Gasteiger charge is 2.33. The van der Waals surface area contributed by atoms with Crippen LogP contribution in [-0.4, -0.2) is 17.1 Å². The first-order chi connectivity index (χ1) is 9.13. The summed E-state index contributed by atoms with van der Waals surface area (Å²) in [5.41, 5.74) is 0.182. The number of carbonyl (C=O) groups excluding carboxylic acids is 1. The van der Waals surface area contributed by atoms with E-state index < -0.39 is 11.0 Å². The van der Waals surface area contributed by atoms with Crippen LogP contribution in [0.3, 0.4) is 0 Å². The third-order valence-corrected chi connectivity index (χ3v) is 3.06. The average molecular weight is 358 g/mol. The molecule has 4 nitrogen and oxygen atoms in total. The minimum atomic E-state index is -1.66. The normalized spacial score (nSPS) is 14.6. The molecule has 0 aromatic heterocycles. The Labute approximate surface area is 137 Å². The van der Waals surface area contributed by atoms with E-state index in [0.29, 0.717) is 5.02 Å². The van der Waals surface area contributed by atoms with E-state index in [0.717, 1.165) is 0 Å². The van der Waals surface area contributed by atoms with Crippen molar-refractivity contribution in [3.63, 3.8) is 0 Å². The Balaban J connectivity index is 3.00. The third-order valence-electron chi connectivity index (χ3n) is 2.03. The topological polar surface area (TPSA) is 51.0 Å². The van der Waals surface area contributed by atoms with E-state index in [-0.39, 0.29) is 21.8 Å². The van der Waals surface area contributed by atoms with Crippen molar-refractivity contribution in [2.24, 2.45) is 10.2 Å². The van der Waals surface area contributed by atoms with Gasteiger partial charge in [-0.05, 0) is 32.9 Å². The van der Waals surface area contributed by atoms with Gasteiger partial charge in [0.25, 0.3) is 0 Å². The van der Waals surface area contributed by atoms with Gasteiger partial charge in [-0.2, -0.15) is 10.2 Å². The molecule has 1 atom stereocenters. The first kappa shape index (κ1) is 17.5. The molecule has 110 valence electrons. The number of esters is 1. The molecule has 0 radical (unpaired) electrons. The molecule has 1 aromatic carbocycles. The van der Waals surface area contributed by atoms with Gasteiger partial charge in [-0.15, -0.1) is 0 Å². The lowest BCUT2D eigenvalue weighted by atomic mass is 10.3. The van der Waals surface area contributed by atoms with Crippen LogP contribution in [-0.2, 0) is 9.53 Å². The summed E-state index contributed by atoms with van der Waals surface area (Å²) in [5.74, 6) is -0.709. The molecule has 0 bridgehead atoms. The number of hydrogen-bond acceptors (Lipinski definition) is 4. The van der Waals surface area contributed by atoms with Crippen LogP contribution >= 0.6 is 46.4 Å².